The zero-order valence-corrected chi connectivity index (χ0v) is 20.0. The lowest BCUT2D eigenvalue weighted by molar-refractivity contribution is 0.0903. The van der Waals surface area contributed by atoms with Crippen LogP contribution in [0, 0.1) is 0 Å². The summed E-state index contributed by atoms with van der Waals surface area (Å²) in [6, 6.07) is 9.22. The van der Waals surface area contributed by atoms with Gasteiger partial charge >= 0.3 is 0 Å². The second kappa shape index (κ2) is 9.20. The Bertz CT molecular complexity index is 955. The molecule has 3 aliphatic heterocycles. The summed E-state index contributed by atoms with van der Waals surface area (Å²) in [5.41, 5.74) is 4.11. The van der Waals surface area contributed by atoms with E-state index in [-0.39, 0.29) is 5.41 Å². The van der Waals surface area contributed by atoms with E-state index in [4.69, 9.17) is 14.7 Å². The molecule has 2 aromatic rings. The predicted octanol–water partition coefficient (Wildman–Crippen LogP) is 3.85. The Morgan fingerprint density at radius 2 is 1.94 bits per heavy atom. The van der Waals surface area contributed by atoms with Crippen molar-refractivity contribution in [2.24, 2.45) is 0 Å². The molecule has 1 unspecified atom stereocenters. The van der Waals surface area contributed by atoms with E-state index < -0.39 is 11.2 Å². The van der Waals surface area contributed by atoms with Crippen LogP contribution in [0.3, 0.4) is 0 Å². The SMILES string of the molecule is CCc1ccccc1C1(C)CCN(c2nc3c(c(NC4CCOCC4)n2)[S+]([O-])CC3)CC1. The van der Waals surface area contributed by atoms with Crippen LogP contribution in [-0.4, -0.2) is 52.6 Å². The first-order valence-electron chi connectivity index (χ1n) is 12.0. The molecule has 3 aliphatic rings. The molecule has 0 aliphatic carbocycles. The largest absolute Gasteiger partial charge is 0.611 e. The molecule has 2 fully saturated rings. The average Bonchev–Trinajstić information content (AvgIpc) is 3.21. The van der Waals surface area contributed by atoms with Crippen molar-refractivity contribution in [3.8, 4) is 0 Å². The highest BCUT2D eigenvalue weighted by Crippen LogP contribution is 2.39. The predicted molar refractivity (Wildman–Crippen MR) is 129 cm³/mol. The van der Waals surface area contributed by atoms with Gasteiger partial charge in [-0.25, -0.2) is 4.98 Å². The Morgan fingerprint density at radius 3 is 2.69 bits per heavy atom. The lowest BCUT2D eigenvalue weighted by Gasteiger charge is -2.41. The van der Waals surface area contributed by atoms with E-state index in [1.807, 2.05) is 0 Å². The van der Waals surface area contributed by atoms with E-state index in [1.165, 1.54) is 11.1 Å². The van der Waals surface area contributed by atoms with Gasteiger partial charge in [0.25, 0.3) is 0 Å². The first kappa shape index (κ1) is 22.0. The monoisotopic (exact) mass is 454 g/mol. The molecule has 7 heteroatoms. The summed E-state index contributed by atoms with van der Waals surface area (Å²) in [5, 5.41) is 3.60. The fourth-order valence-electron chi connectivity index (χ4n) is 5.35. The summed E-state index contributed by atoms with van der Waals surface area (Å²) in [7, 11) is 0. The molecule has 4 heterocycles. The number of aryl methyl sites for hydroxylation is 2. The second-order valence-electron chi connectivity index (χ2n) is 9.54. The van der Waals surface area contributed by atoms with E-state index in [9.17, 15) is 4.55 Å². The number of rotatable bonds is 5. The van der Waals surface area contributed by atoms with Crippen molar-refractivity contribution < 1.29 is 9.29 Å². The van der Waals surface area contributed by atoms with E-state index in [0.717, 1.165) is 87.2 Å². The van der Waals surface area contributed by atoms with Crippen LogP contribution in [-0.2, 0) is 34.2 Å². The fraction of sp³-hybridized carbons (Fsp3) is 0.600. The number of ether oxygens (including phenoxy) is 1. The first-order valence-corrected chi connectivity index (χ1v) is 13.4. The van der Waals surface area contributed by atoms with Gasteiger partial charge < -0.3 is 19.5 Å². The van der Waals surface area contributed by atoms with Crippen molar-refractivity contribution in [2.45, 2.75) is 68.7 Å². The number of anilines is 2. The number of aromatic nitrogens is 2. The maximum absolute atomic E-state index is 12.7. The molecule has 0 bridgehead atoms. The van der Waals surface area contributed by atoms with Crippen molar-refractivity contribution in [1.82, 2.24) is 9.97 Å². The summed E-state index contributed by atoms with van der Waals surface area (Å²) < 4.78 is 18.2. The molecule has 0 amide bonds. The van der Waals surface area contributed by atoms with Gasteiger partial charge in [0, 0.05) is 38.8 Å². The molecule has 6 nitrogen and oxygen atoms in total. The Hall–Kier alpha value is -1.83. The topological polar surface area (TPSA) is 73.3 Å². The highest BCUT2D eigenvalue weighted by molar-refractivity contribution is 7.91. The Kier molecular flexibility index (Phi) is 6.32. The van der Waals surface area contributed by atoms with Crippen LogP contribution in [0.15, 0.2) is 29.2 Å². The van der Waals surface area contributed by atoms with E-state index in [2.05, 4.69) is 48.3 Å². The van der Waals surface area contributed by atoms with Gasteiger partial charge in [-0.2, -0.15) is 4.98 Å². The number of hydrogen-bond acceptors (Lipinski definition) is 6. The minimum absolute atomic E-state index is 0.185. The van der Waals surface area contributed by atoms with Crippen LogP contribution < -0.4 is 10.2 Å². The van der Waals surface area contributed by atoms with E-state index >= 15 is 0 Å². The number of fused-ring (bicyclic) bond motifs is 1. The molecule has 2 saturated heterocycles. The van der Waals surface area contributed by atoms with Gasteiger partial charge in [-0.05, 0) is 59.8 Å². The third kappa shape index (κ3) is 4.22. The normalized spacial score (nSPS) is 23.2. The molecule has 1 N–H and O–H groups in total. The highest BCUT2D eigenvalue weighted by Gasteiger charge is 2.37. The van der Waals surface area contributed by atoms with Crippen molar-refractivity contribution in [3.63, 3.8) is 0 Å². The van der Waals surface area contributed by atoms with Crippen molar-refractivity contribution in [2.75, 3.05) is 42.3 Å². The van der Waals surface area contributed by atoms with Gasteiger partial charge in [0.05, 0.1) is 0 Å². The molecule has 1 aromatic carbocycles. The molecule has 1 atom stereocenters. The average molecular weight is 455 g/mol. The van der Waals surface area contributed by atoms with Crippen LogP contribution in [0.2, 0.25) is 0 Å². The third-order valence-corrected chi connectivity index (χ3v) is 8.90. The second-order valence-corrected chi connectivity index (χ2v) is 11.0. The third-order valence-electron chi connectivity index (χ3n) is 7.44. The zero-order chi connectivity index (χ0) is 22.1. The molecule has 0 saturated carbocycles. The number of piperidine rings is 1. The standard InChI is InChI=1S/C25H34N4O2S/c1-3-18-6-4-5-7-20(18)25(2)11-13-29(14-12-25)24-27-21-10-17-32(30)22(21)23(28-24)26-19-8-15-31-16-9-19/h4-7,19H,3,8-17H2,1-2H3,(H,26,27,28). The smallest absolute Gasteiger partial charge is 0.227 e. The molecule has 0 radical (unpaired) electrons. The van der Waals surface area contributed by atoms with Gasteiger partial charge in [0.2, 0.25) is 10.8 Å². The number of benzene rings is 1. The van der Waals surface area contributed by atoms with Crippen LogP contribution in [0.5, 0.6) is 0 Å². The molecular weight excluding hydrogens is 420 g/mol. The first-order chi connectivity index (χ1) is 15.6. The van der Waals surface area contributed by atoms with Crippen LogP contribution >= 0.6 is 0 Å². The molecule has 32 heavy (non-hydrogen) atoms. The van der Waals surface area contributed by atoms with Gasteiger partial charge in [0.15, 0.2) is 5.82 Å². The van der Waals surface area contributed by atoms with Crippen molar-refractivity contribution >= 4 is 22.9 Å². The zero-order valence-electron chi connectivity index (χ0n) is 19.2. The van der Waals surface area contributed by atoms with Crippen LogP contribution in [0.4, 0.5) is 11.8 Å². The fourth-order valence-corrected chi connectivity index (χ4v) is 6.66. The number of nitrogens with zero attached hydrogens (tertiary/aromatic N) is 3. The van der Waals surface area contributed by atoms with Gasteiger partial charge in [-0.3, -0.25) is 0 Å². The highest BCUT2D eigenvalue weighted by atomic mass is 32.2. The maximum atomic E-state index is 12.7. The molecular formula is C25H34N4O2S. The van der Waals surface area contributed by atoms with Gasteiger partial charge in [-0.1, -0.05) is 38.1 Å². The van der Waals surface area contributed by atoms with Gasteiger partial charge in [-0.15, -0.1) is 0 Å². The summed E-state index contributed by atoms with van der Waals surface area (Å²) >= 11 is -1.01. The molecule has 0 spiro atoms. The maximum Gasteiger partial charge on any atom is 0.227 e. The van der Waals surface area contributed by atoms with Crippen molar-refractivity contribution in [3.05, 3.63) is 41.1 Å². The lowest BCUT2D eigenvalue weighted by atomic mass is 9.72. The summed E-state index contributed by atoms with van der Waals surface area (Å²) in [6.07, 6.45) is 5.93. The molecule has 1 aromatic heterocycles. The van der Waals surface area contributed by atoms with E-state index in [0.29, 0.717) is 11.8 Å². The summed E-state index contributed by atoms with van der Waals surface area (Å²) in [6.45, 7) is 8.06. The van der Waals surface area contributed by atoms with Crippen molar-refractivity contribution in [1.29, 1.82) is 0 Å². The minimum Gasteiger partial charge on any atom is -0.611 e. The number of nitrogens with one attached hydrogen (secondary N) is 1. The Balaban J connectivity index is 1.37. The number of hydrogen-bond donors (Lipinski definition) is 1. The van der Waals surface area contributed by atoms with E-state index in [1.54, 1.807) is 0 Å². The Labute approximate surface area is 194 Å². The molecule has 172 valence electrons. The van der Waals surface area contributed by atoms with Gasteiger partial charge in [0.1, 0.15) is 11.4 Å². The summed E-state index contributed by atoms with van der Waals surface area (Å²) in [5.74, 6) is 2.24. The van der Waals surface area contributed by atoms with Crippen LogP contribution in [0.25, 0.3) is 0 Å². The Morgan fingerprint density at radius 1 is 1.19 bits per heavy atom. The lowest BCUT2D eigenvalue weighted by Crippen LogP contribution is -2.42. The minimum atomic E-state index is -1.01. The van der Waals surface area contributed by atoms with Crippen LogP contribution in [0.1, 0.15) is 56.4 Å². The molecule has 5 rings (SSSR count). The summed E-state index contributed by atoms with van der Waals surface area (Å²) in [4.78, 5) is 13.0. The quantitative estimate of drug-likeness (QED) is 0.692.